The molecule has 0 saturated carbocycles. The summed E-state index contributed by atoms with van der Waals surface area (Å²) in [6.45, 7) is 9.20. The maximum atomic E-state index is 12.6. The first-order valence-corrected chi connectivity index (χ1v) is 7.55. The molecule has 22 heavy (non-hydrogen) atoms. The van der Waals surface area contributed by atoms with Crippen molar-refractivity contribution in [3.05, 3.63) is 0 Å². The zero-order chi connectivity index (χ0) is 17.1. The molecule has 0 aromatic carbocycles. The summed E-state index contributed by atoms with van der Waals surface area (Å²) in [5.74, 6) is -1.55. The molecule has 1 fully saturated rings. The highest BCUT2D eigenvalue weighted by Gasteiger charge is 2.39. The summed E-state index contributed by atoms with van der Waals surface area (Å²) in [4.78, 5) is 37.0. The second-order valence-corrected chi connectivity index (χ2v) is 6.90. The van der Waals surface area contributed by atoms with Gasteiger partial charge in [-0.15, -0.1) is 0 Å². The Morgan fingerprint density at radius 1 is 1.27 bits per heavy atom. The van der Waals surface area contributed by atoms with Crippen LogP contribution in [0.15, 0.2) is 0 Å². The predicted molar refractivity (Wildman–Crippen MR) is 80.4 cm³/mol. The molecule has 0 aliphatic carbocycles. The molecule has 0 unspecified atom stereocenters. The van der Waals surface area contributed by atoms with Crippen LogP contribution in [0.25, 0.3) is 0 Å². The maximum absolute atomic E-state index is 12.6. The van der Waals surface area contributed by atoms with E-state index >= 15 is 0 Å². The molecule has 126 valence electrons. The van der Waals surface area contributed by atoms with Crippen LogP contribution < -0.4 is 5.32 Å². The van der Waals surface area contributed by atoms with Crippen molar-refractivity contribution >= 4 is 18.0 Å². The molecule has 0 aromatic rings. The Hall–Kier alpha value is -1.79. The number of carboxylic acid groups (broad SMARTS) is 1. The summed E-state index contributed by atoms with van der Waals surface area (Å²) in [7, 11) is 0. The highest BCUT2D eigenvalue weighted by molar-refractivity contribution is 5.90. The number of nitrogens with zero attached hydrogens (tertiary/aromatic N) is 1. The predicted octanol–water partition coefficient (Wildman–Crippen LogP) is 1.61. The second-order valence-electron chi connectivity index (χ2n) is 6.90. The van der Waals surface area contributed by atoms with Crippen molar-refractivity contribution < 1.29 is 24.2 Å². The molecule has 1 saturated heterocycles. The molecule has 1 aliphatic rings. The summed E-state index contributed by atoms with van der Waals surface area (Å²) in [5, 5.41) is 11.7. The van der Waals surface area contributed by atoms with Gasteiger partial charge in [0.05, 0.1) is 0 Å². The Labute approximate surface area is 131 Å². The van der Waals surface area contributed by atoms with Crippen molar-refractivity contribution in [3.63, 3.8) is 0 Å². The van der Waals surface area contributed by atoms with Gasteiger partial charge in [-0.1, -0.05) is 13.8 Å². The van der Waals surface area contributed by atoms with E-state index in [0.717, 1.165) is 0 Å². The van der Waals surface area contributed by atoms with Crippen molar-refractivity contribution in [1.29, 1.82) is 0 Å². The van der Waals surface area contributed by atoms with Gasteiger partial charge < -0.3 is 20.1 Å². The molecule has 0 aromatic heterocycles. The highest BCUT2D eigenvalue weighted by atomic mass is 16.6. The Kier molecular flexibility index (Phi) is 5.79. The molecule has 2 amide bonds. The summed E-state index contributed by atoms with van der Waals surface area (Å²) in [5.41, 5.74) is -0.661. The Morgan fingerprint density at radius 2 is 1.86 bits per heavy atom. The molecular weight excluding hydrogens is 288 g/mol. The number of aliphatic carboxylic acids is 1. The quantitative estimate of drug-likeness (QED) is 0.822. The van der Waals surface area contributed by atoms with Crippen LogP contribution in [0.2, 0.25) is 0 Å². The number of amides is 2. The van der Waals surface area contributed by atoms with Crippen LogP contribution in [0.1, 0.15) is 47.5 Å². The topological polar surface area (TPSA) is 95.9 Å². The van der Waals surface area contributed by atoms with Gasteiger partial charge in [0, 0.05) is 6.54 Å². The van der Waals surface area contributed by atoms with Crippen LogP contribution >= 0.6 is 0 Å². The normalized spacial score (nSPS) is 19.9. The lowest BCUT2D eigenvalue weighted by molar-refractivity contribution is -0.149. The fourth-order valence-electron chi connectivity index (χ4n) is 2.41. The molecule has 0 bridgehead atoms. The van der Waals surface area contributed by atoms with E-state index in [1.807, 2.05) is 0 Å². The second kappa shape index (κ2) is 6.98. The lowest BCUT2D eigenvalue weighted by Gasteiger charge is -2.30. The number of carboxylic acids is 1. The molecule has 1 aliphatic heterocycles. The van der Waals surface area contributed by atoms with Gasteiger partial charge in [-0.05, 0) is 39.5 Å². The number of likely N-dealkylation sites (tertiary alicyclic amines) is 1. The van der Waals surface area contributed by atoms with E-state index in [1.54, 1.807) is 34.6 Å². The average molecular weight is 314 g/mol. The number of alkyl carbamates (subject to hydrolysis) is 1. The summed E-state index contributed by atoms with van der Waals surface area (Å²) in [6, 6.07) is -1.61. The van der Waals surface area contributed by atoms with Gasteiger partial charge >= 0.3 is 12.1 Å². The van der Waals surface area contributed by atoms with Crippen molar-refractivity contribution in [1.82, 2.24) is 10.2 Å². The summed E-state index contributed by atoms with van der Waals surface area (Å²) >= 11 is 0. The Bertz CT molecular complexity index is 442. The number of carbonyl (C=O) groups excluding carboxylic acids is 2. The smallest absolute Gasteiger partial charge is 0.408 e. The lowest BCUT2D eigenvalue weighted by atomic mass is 10.0. The van der Waals surface area contributed by atoms with Crippen LogP contribution in [-0.4, -0.2) is 52.2 Å². The van der Waals surface area contributed by atoms with Crippen molar-refractivity contribution in [2.24, 2.45) is 5.92 Å². The van der Waals surface area contributed by atoms with E-state index in [1.165, 1.54) is 4.90 Å². The lowest BCUT2D eigenvalue weighted by Crippen LogP contribution is -2.54. The van der Waals surface area contributed by atoms with E-state index in [-0.39, 0.29) is 11.8 Å². The Morgan fingerprint density at radius 3 is 2.32 bits per heavy atom. The van der Waals surface area contributed by atoms with Gasteiger partial charge in [-0.25, -0.2) is 9.59 Å². The third-order valence-corrected chi connectivity index (χ3v) is 3.43. The van der Waals surface area contributed by atoms with Crippen LogP contribution in [-0.2, 0) is 14.3 Å². The minimum atomic E-state index is -1.01. The highest BCUT2D eigenvalue weighted by Crippen LogP contribution is 2.20. The van der Waals surface area contributed by atoms with E-state index in [0.29, 0.717) is 19.4 Å². The minimum absolute atomic E-state index is 0.171. The fraction of sp³-hybridized carbons (Fsp3) is 0.800. The number of ether oxygens (including phenoxy) is 1. The molecule has 7 nitrogen and oxygen atoms in total. The first-order valence-electron chi connectivity index (χ1n) is 7.55. The van der Waals surface area contributed by atoms with Gasteiger partial charge in [0.25, 0.3) is 0 Å². The number of carbonyl (C=O) groups is 3. The largest absolute Gasteiger partial charge is 0.480 e. The first kappa shape index (κ1) is 18.3. The van der Waals surface area contributed by atoms with Crippen molar-refractivity contribution in [2.45, 2.75) is 65.1 Å². The summed E-state index contributed by atoms with van der Waals surface area (Å²) in [6.07, 6.45) is 0.420. The van der Waals surface area contributed by atoms with Crippen LogP contribution in [0.5, 0.6) is 0 Å². The van der Waals surface area contributed by atoms with Gasteiger partial charge in [0.2, 0.25) is 5.91 Å². The van der Waals surface area contributed by atoms with Gasteiger partial charge in [-0.3, -0.25) is 4.79 Å². The molecule has 2 atom stereocenters. The monoisotopic (exact) mass is 314 g/mol. The zero-order valence-corrected chi connectivity index (χ0v) is 13.9. The third-order valence-electron chi connectivity index (χ3n) is 3.43. The average Bonchev–Trinajstić information content (AvgIpc) is 2.81. The number of rotatable bonds is 4. The van der Waals surface area contributed by atoms with Crippen molar-refractivity contribution in [3.8, 4) is 0 Å². The SMILES string of the molecule is CC(C)[C@H](NC(=O)OC(C)(C)C)C(=O)N1CCC[C@H]1C(=O)O. The number of hydrogen-bond donors (Lipinski definition) is 2. The van der Waals surface area contributed by atoms with Crippen LogP contribution in [0.4, 0.5) is 4.79 Å². The zero-order valence-electron chi connectivity index (χ0n) is 13.9. The minimum Gasteiger partial charge on any atom is -0.480 e. The Balaban J connectivity index is 2.80. The van der Waals surface area contributed by atoms with Crippen LogP contribution in [0.3, 0.4) is 0 Å². The maximum Gasteiger partial charge on any atom is 0.408 e. The standard InChI is InChI=1S/C15H26N2O5/c1-9(2)11(16-14(21)22-15(3,4)5)12(18)17-8-6-7-10(17)13(19)20/h9-11H,6-8H2,1-5H3,(H,16,21)(H,19,20)/t10-,11-/m0/s1. The molecule has 1 heterocycles. The van der Waals surface area contributed by atoms with E-state index < -0.39 is 29.7 Å². The fourth-order valence-corrected chi connectivity index (χ4v) is 2.41. The van der Waals surface area contributed by atoms with E-state index in [9.17, 15) is 19.5 Å². The molecule has 0 spiro atoms. The van der Waals surface area contributed by atoms with Gasteiger partial charge in [-0.2, -0.15) is 0 Å². The summed E-state index contributed by atoms with van der Waals surface area (Å²) < 4.78 is 5.17. The third kappa shape index (κ3) is 4.89. The van der Waals surface area contributed by atoms with Gasteiger partial charge in [0.15, 0.2) is 0 Å². The van der Waals surface area contributed by atoms with E-state index in [2.05, 4.69) is 5.32 Å². The van der Waals surface area contributed by atoms with E-state index in [4.69, 9.17) is 4.74 Å². The molecule has 7 heteroatoms. The number of hydrogen-bond acceptors (Lipinski definition) is 4. The number of nitrogens with one attached hydrogen (secondary N) is 1. The van der Waals surface area contributed by atoms with Crippen molar-refractivity contribution in [2.75, 3.05) is 6.54 Å². The molecule has 1 rings (SSSR count). The van der Waals surface area contributed by atoms with Gasteiger partial charge in [0.1, 0.15) is 17.7 Å². The molecule has 2 N–H and O–H groups in total. The first-order chi connectivity index (χ1) is 10.0. The van der Waals surface area contributed by atoms with Crippen LogP contribution in [0, 0.1) is 5.92 Å². The molecule has 0 radical (unpaired) electrons. The molecular formula is C15H26N2O5.